The van der Waals surface area contributed by atoms with Gasteiger partial charge in [0.05, 0.1) is 16.4 Å². The van der Waals surface area contributed by atoms with Crippen LogP contribution in [0, 0.1) is 32.6 Å². The van der Waals surface area contributed by atoms with Gasteiger partial charge in [0.15, 0.2) is 0 Å². The van der Waals surface area contributed by atoms with Crippen LogP contribution >= 0.6 is 11.3 Å². The molecule has 0 saturated carbocycles. The number of aliphatic hydroxyl groups excluding tert-OH is 1. The normalized spacial score (nSPS) is 9.90. The van der Waals surface area contributed by atoms with Crippen molar-refractivity contribution in [3.63, 3.8) is 0 Å². The molecule has 0 unspecified atom stereocenters. The Bertz CT molecular complexity index is 738. The van der Waals surface area contributed by atoms with Gasteiger partial charge in [0, 0.05) is 5.56 Å². The van der Waals surface area contributed by atoms with Gasteiger partial charge < -0.3 is 10.4 Å². The number of aryl methyl sites for hydroxylation is 3. The van der Waals surface area contributed by atoms with Gasteiger partial charge in [0.1, 0.15) is 11.5 Å². The number of benzene rings is 1. The molecule has 1 aromatic carbocycles. The van der Waals surface area contributed by atoms with Crippen LogP contribution in [0.5, 0.6) is 0 Å². The van der Waals surface area contributed by atoms with Crippen molar-refractivity contribution in [1.29, 1.82) is 0 Å². The first-order chi connectivity index (χ1) is 10.0. The zero-order valence-corrected chi connectivity index (χ0v) is 13.0. The maximum atomic E-state index is 12.3. The number of nitrogens with one attached hydrogen (secondary N) is 1. The van der Waals surface area contributed by atoms with Gasteiger partial charge in [-0.3, -0.25) is 4.79 Å². The van der Waals surface area contributed by atoms with Crippen molar-refractivity contribution in [3.05, 3.63) is 44.9 Å². The van der Waals surface area contributed by atoms with Crippen LogP contribution < -0.4 is 5.32 Å². The standard InChI is InChI=1S/C16H16N2O2S/c1-10-6-7-13(5-4-8-19)14(9-10)18-16(20)15-11(2)17-12(3)21-15/h6-7,9,19H,8H2,1-3H3,(H,18,20). The van der Waals surface area contributed by atoms with Crippen LogP contribution in [0.2, 0.25) is 0 Å². The number of hydrogen-bond acceptors (Lipinski definition) is 4. The average Bonchev–Trinajstić information content (AvgIpc) is 2.77. The summed E-state index contributed by atoms with van der Waals surface area (Å²) in [6.07, 6.45) is 0. The Morgan fingerprint density at radius 3 is 2.76 bits per heavy atom. The van der Waals surface area contributed by atoms with Crippen LogP contribution in [0.15, 0.2) is 18.2 Å². The average molecular weight is 300 g/mol. The third-order valence-corrected chi connectivity index (χ3v) is 3.91. The molecule has 2 aromatic rings. The van der Waals surface area contributed by atoms with E-state index in [0.29, 0.717) is 16.1 Å². The van der Waals surface area contributed by atoms with E-state index in [1.54, 1.807) is 0 Å². The topological polar surface area (TPSA) is 62.2 Å². The number of carbonyl (C=O) groups excluding carboxylic acids is 1. The highest BCUT2D eigenvalue weighted by Crippen LogP contribution is 2.21. The second-order valence-electron chi connectivity index (χ2n) is 4.61. The summed E-state index contributed by atoms with van der Waals surface area (Å²) in [6.45, 7) is 5.43. The van der Waals surface area contributed by atoms with Crippen molar-refractivity contribution in [2.45, 2.75) is 20.8 Å². The van der Waals surface area contributed by atoms with E-state index in [1.807, 2.05) is 39.0 Å². The van der Waals surface area contributed by atoms with E-state index in [4.69, 9.17) is 5.11 Å². The van der Waals surface area contributed by atoms with E-state index in [1.165, 1.54) is 11.3 Å². The van der Waals surface area contributed by atoms with Crippen LogP contribution in [0.25, 0.3) is 0 Å². The number of aliphatic hydroxyl groups is 1. The van der Waals surface area contributed by atoms with Crippen LogP contribution in [0.1, 0.15) is 31.5 Å². The van der Waals surface area contributed by atoms with E-state index >= 15 is 0 Å². The van der Waals surface area contributed by atoms with E-state index in [0.717, 1.165) is 16.3 Å². The molecule has 5 heteroatoms. The number of hydrogen-bond donors (Lipinski definition) is 2. The quantitative estimate of drug-likeness (QED) is 0.838. The fraction of sp³-hybridized carbons (Fsp3) is 0.250. The van der Waals surface area contributed by atoms with Crippen molar-refractivity contribution >= 4 is 22.9 Å². The minimum Gasteiger partial charge on any atom is -0.384 e. The Balaban J connectivity index is 2.32. The number of carbonyl (C=O) groups is 1. The van der Waals surface area contributed by atoms with Crippen LogP contribution in [0.3, 0.4) is 0 Å². The Hall–Kier alpha value is -2.16. The predicted octanol–water partition coefficient (Wildman–Crippen LogP) is 2.66. The molecule has 2 rings (SSSR count). The van der Waals surface area contributed by atoms with Crippen LogP contribution in [0.4, 0.5) is 5.69 Å². The number of amides is 1. The molecular formula is C16H16N2O2S. The Labute approximate surface area is 127 Å². The molecule has 2 N–H and O–H groups in total. The van der Waals surface area contributed by atoms with E-state index in [-0.39, 0.29) is 12.5 Å². The highest BCUT2D eigenvalue weighted by atomic mass is 32.1. The molecule has 0 aliphatic carbocycles. The van der Waals surface area contributed by atoms with E-state index in [9.17, 15) is 4.79 Å². The highest BCUT2D eigenvalue weighted by molar-refractivity contribution is 7.13. The summed E-state index contributed by atoms with van der Waals surface area (Å²) in [4.78, 5) is 17.2. The summed E-state index contributed by atoms with van der Waals surface area (Å²) in [7, 11) is 0. The molecule has 0 saturated heterocycles. The van der Waals surface area contributed by atoms with Crippen molar-refractivity contribution < 1.29 is 9.90 Å². The van der Waals surface area contributed by atoms with Gasteiger partial charge in [0.2, 0.25) is 0 Å². The van der Waals surface area contributed by atoms with Gasteiger partial charge >= 0.3 is 0 Å². The second kappa shape index (κ2) is 6.53. The van der Waals surface area contributed by atoms with Gasteiger partial charge in [-0.2, -0.15) is 0 Å². The minimum absolute atomic E-state index is 0.184. The second-order valence-corrected chi connectivity index (χ2v) is 5.81. The number of anilines is 1. The fourth-order valence-corrected chi connectivity index (χ4v) is 2.74. The lowest BCUT2D eigenvalue weighted by atomic mass is 10.1. The van der Waals surface area contributed by atoms with Gasteiger partial charge in [-0.1, -0.05) is 17.9 Å². The van der Waals surface area contributed by atoms with Crippen LogP contribution in [-0.2, 0) is 0 Å². The molecule has 0 radical (unpaired) electrons. The maximum absolute atomic E-state index is 12.3. The molecule has 21 heavy (non-hydrogen) atoms. The van der Waals surface area contributed by atoms with Gasteiger partial charge in [-0.05, 0) is 38.5 Å². The molecule has 1 heterocycles. The van der Waals surface area contributed by atoms with Crippen LogP contribution in [-0.4, -0.2) is 22.6 Å². The number of thiazole rings is 1. The summed E-state index contributed by atoms with van der Waals surface area (Å²) >= 11 is 1.37. The third kappa shape index (κ3) is 3.69. The SMILES string of the molecule is Cc1ccc(C#CCO)c(NC(=O)c2sc(C)nc2C)c1. The molecule has 0 atom stereocenters. The lowest BCUT2D eigenvalue weighted by Gasteiger charge is -2.08. The molecule has 1 aromatic heterocycles. The summed E-state index contributed by atoms with van der Waals surface area (Å²) in [5, 5.41) is 12.5. The summed E-state index contributed by atoms with van der Waals surface area (Å²) in [6, 6.07) is 5.61. The maximum Gasteiger partial charge on any atom is 0.267 e. The van der Waals surface area contributed by atoms with Crippen molar-refractivity contribution in [1.82, 2.24) is 4.98 Å². The monoisotopic (exact) mass is 300 g/mol. The molecule has 0 spiro atoms. The molecule has 1 amide bonds. The van der Waals surface area contributed by atoms with Crippen molar-refractivity contribution in [3.8, 4) is 11.8 Å². The summed E-state index contributed by atoms with van der Waals surface area (Å²) in [5.74, 6) is 5.25. The smallest absolute Gasteiger partial charge is 0.267 e. The predicted molar refractivity (Wildman–Crippen MR) is 84.7 cm³/mol. The Kier molecular flexibility index (Phi) is 4.73. The first kappa shape index (κ1) is 15.2. The first-order valence-electron chi connectivity index (χ1n) is 6.47. The largest absolute Gasteiger partial charge is 0.384 e. The van der Waals surface area contributed by atoms with Crippen molar-refractivity contribution in [2.75, 3.05) is 11.9 Å². The fourth-order valence-electron chi connectivity index (χ4n) is 1.93. The summed E-state index contributed by atoms with van der Waals surface area (Å²) in [5.41, 5.74) is 3.08. The van der Waals surface area contributed by atoms with Gasteiger partial charge in [0.25, 0.3) is 5.91 Å². The molecule has 0 bridgehead atoms. The molecule has 108 valence electrons. The molecule has 0 aliphatic rings. The molecule has 0 aliphatic heterocycles. The van der Waals surface area contributed by atoms with E-state index < -0.39 is 0 Å². The van der Waals surface area contributed by atoms with Gasteiger partial charge in [-0.15, -0.1) is 11.3 Å². The van der Waals surface area contributed by atoms with Crippen molar-refractivity contribution in [2.24, 2.45) is 0 Å². The zero-order chi connectivity index (χ0) is 15.4. The highest BCUT2D eigenvalue weighted by Gasteiger charge is 2.15. The lowest BCUT2D eigenvalue weighted by Crippen LogP contribution is -2.12. The number of nitrogens with zero attached hydrogens (tertiary/aromatic N) is 1. The third-order valence-electron chi connectivity index (χ3n) is 2.84. The number of rotatable bonds is 2. The molecule has 0 fully saturated rings. The molecular weight excluding hydrogens is 284 g/mol. The zero-order valence-electron chi connectivity index (χ0n) is 12.2. The van der Waals surface area contributed by atoms with Gasteiger partial charge in [-0.25, -0.2) is 4.98 Å². The Morgan fingerprint density at radius 1 is 1.38 bits per heavy atom. The minimum atomic E-state index is -0.214. The van der Waals surface area contributed by atoms with E-state index in [2.05, 4.69) is 22.1 Å². The summed E-state index contributed by atoms with van der Waals surface area (Å²) < 4.78 is 0. The first-order valence-corrected chi connectivity index (χ1v) is 7.28. The Morgan fingerprint density at radius 2 is 2.14 bits per heavy atom. The lowest BCUT2D eigenvalue weighted by molar-refractivity contribution is 0.103. The molecule has 4 nitrogen and oxygen atoms in total. The number of aromatic nitrogens is 1.